The number of hydrogen-bond acceptors (Lipinski definition) is 8. The topological polar surface area (TPSA) is 120 Å². The van der Waals surface area contributed by atoms with Gasteiger partial charge in [-0.3, -0.25) is 9.59 Å². The molecule has 3 aromatic carbocycles. The summed E-state index contributed by atoms with van der Waals surface area (Å²) in [7, 11) is 3.16. The second-order valence-electron chi connectivity index (χ2n) is 11.1. The molecule has 226 valence electrons. The minimum atomic E-state index is -0.784. The van der Waals surface area contributed by atoms with E-state index in [2.05, 4.69) is 5.32 Å². The van der Waals surface area contributed by atoms with Crippen LogP contribution in [0.25, 0.3) is 11.1 Å². The van der Waals surface area contributed by atoms with Gasteiger partial charge in [0.1, 0.15) is 23.7 Å². The lowest BCUT2D eigenvalue weighted by Gasteiger charge is -2.25. The summed E-state index contributed by atoms with van der Waals surface area (Å²) in [6, 6.07) is 18.9. The fourth-order valence-electron chi connectivity index (χ4n) is 4.30. The number of ether oxygens (including phenoxy) is 4. The third kappa shape index (κ3) is 8.57. The van der Waals surface area contributed by atoms with Gasteiger partial charge in [0.2, 0.25) is 5.91 Å². The van der Waals surface area contributed by atoms with Crippen LogP contribution in [0.2, 0.25) is 0 Å². The number of anilines is 1. The Morgan fingerprint density at radius 1 is 0.884 bits per heavy atom. The van der Waals surface area contributed by atoms with Gasteiger partial charge in [-0.25, -0.2) is 14.5 Å². The molecule has 0 radical (unpaired) electrons. The van der Waals surface area contributed by atoms with Gasteiger partial charge >= 0.3 is 12.2 Å². The maximum Gasteiger partial charge on any atom is 0.420 e. The summed E-state index contributed by atoms with van der Waals surface area (Å²) in [5, 5.41) is 2.72. The first-order valence-corrected chi connectivity index (χ1v) is 13.9. The summed E-state index contributed by atoms with van der Waals surface area (Å²) in [5.74, 6) is 0.490. The second-order valence-corrected chi connectivity index (χ2v) is 11.1. The van der Waals surface area contributed by atoms with Gasteiger partial charge in [0.15, 0.2) is 5.78 Å². The van der Waals surface area contributed by atoms with Crippen LogP contribution >= 0.6 is 0 Å². The van der Waals surface area contributed by atoms with Crippen molar-refractivity contribution in [2.45, 2.75) is 58.3 Å². The molecule has 0 saturated heterocycles. The molecule has 43 heavy (non-hydrogen) atoms. The molecule has 4 rings (SSSR count). The van der Waals surface area contributed by atoms with Crippen LogP contribution in [0.4, 0.5) is 15.3 Å². The van der Waals surface area contributed by atoms with Crippen molar-refractivity contribution in [3.63, 3.8) is 0 Å². The Hall–Kier alpha value is -4.86. The number of benzene rings is 3. The van der Waals surface area contributed by atoms with Crippen molar-refractivity contribution in [3.05, 3.63) is 77.9 Å². The number of imide groups is 1. The number of Topliss-reactive ketones (excluding diaryl/α,β-unsaturated/α-hetero) is 1. The Kier molecular flexibility index (Phi) is 9.70. The molecule has 1 fully saturated rings. The van der Waals surface area contributed by atoms with E-state index < -0.39 is 23.7 Å². The van der Waals surface area contributed by atoms with E-state index in [1.165, 1.54) is 0 Å². The smallest absolute Gasteiger partial charge is 0.420 e. The highest BCUT2D eigenvalue weighted by molar-refractivity contribution is 6.11. The number of methoxy groups -OCH3 is 2. The van der Waals surface area contributed by atoms with Crippen molar-refractivity contribution in [2.24, 2.45) is 0 Å². The van der Waals surface area contributed by atoms with Crippen molar-refractivity contribution in [1.29, 1.82) is 0 Å². The molecule has 1 saturated carbocycles. The third-order valence-electron chi connectivity index (χ3n) is 6.52. The largest absolute Gasteiger partial charge is 0.497 e. The van der Waals surface area contributed by atoms with Crippen LogP contribution < -0.4 is 14.8 Å². The molecule has 10 heteroatoms. The van der Waals surface area contributed by atoms with Crippen LogP contribution in [-0.4, -0.2) is 54.6 Å². The number of carbonyl (C=O) groups is 4. The lowest BCUT2D eigenvalue weighted by Crippen LogP contribution is -2.42. The molecule has 0 aromatic heterocycles. The number of amides is 3. The lowest BCUT2D eigenvalue weighted by atomic mass is 10.0. The van der Waals surface area contributed by atoms with Crippen LogP contribution in [0.1, 0.15) is 56.0 Å². The minimum Gasteiger partial charge on any atom is -0.497 e. The van der Waals surface area contributed by atoms with E-state index in [4.69, 9.17) is 18.9 Å². The van der Waals surface area contributed by atoms with Gasteiger partial charge in [0.05, 0.1) is 20.6 Å². The molecule has 1 N–H and O–H groups in total. The van der Waals surface area contributed by atoms with Crippen LogP contribution in [0.5, 0.6) is 11.5 Å². The van der Waals surface area contributed by atoms with E-state index in [0.29, 0.717) is 41.2 Å². The number of carbonyl (C=O) groups excluding carboxylic acids is 4. The fraction of sp³-hybridized carbons (Fsp3) is 0.333. The predicted molar refractivity (Wildman–Crippen MR) is 160 cm³/mol. The van der Waals surface area contributed by atoms with Crippen LogP contribution in [0, 0.1) is 0 Å². The van der Waals surface area contributed by atoms with Crippen molar-refractivity contribution in [2.75, 3.05) is 19.5 Å². The van der Waals surface area contributed by atoms with E-state index in [-0.39, 0.29) is 24.9 Å². The molecular weight excluding hydrogens is 552 g/mol. The summed E-state index contributed by atoms with van der Waals surface area (Å²) in [5.41, 5.74) is 2.39. The highest BCUT2D eigenvalue weighted by Gasteiger charge is 2.40. The number of nitrogens with one attached hydrogen (secondary N) is 1. The molecule has 0 atom stereocenters. The molecule has 0 spiro atoms. The van der Waals surface area contributed by atoms with Crippen molar-refractivity contribution >= 4 is 29.6 Å². The monoisotopic (exact) mass is 588 g/mol. The van der Waals surface area contributed by atoms with Gasteiger partial charge in [-0.2, -0.15) is 0 Å². The highest BCUT2D eigenvalue weighted by Crippen LogP contribution is 2.33. The van der Waals surface area contributed by atoms with E-state index in [9.17, 15) is 19.2 Å². The van der Waals surface area contributed by atoms with Gasteiger partial charge in [0.25, 0.3) is 0 Å². The van der Waals surface area contributed by atoms with Crippen molar-refractivity contribution < 1.29 is 38.1 Å². The van der Waals surface area contributed by atoms with Gasteiger partial charge < -0.3 is 24.3 Å². The summed E-state index contributed by atoms with van der Waals surface area (Å²) >= 11 is 0. The number of rotatable bonds is 10. The summed E-state index contributed by atoms with van der Waals surface area (Å²) in [6.45, 7) is 5.07. The Labute approximate surface area is 250 Å². The quantitative estimate of drug-likeness (QED) is 0.207. The molecule has 0 aliphatic heterocycles. The molecule has 1 aliphatic carbocycles. The molecule has 0 heterocycles. The average Bonchev–Trinajstić information content (AvgIpc) is 3.80. The summed E-state index contributed by atoms with van der Waals surface area (Å²) < 4.78 is 21.4. The third-order valence-corrected chi connectivity index (χ3v) is 6.52. The molecule has 1 aliphatic rings. The lowest BCUT2D eigenvalue weighted by molar-refractivity contribution is -0.115. The van der Waals surface area contributed by atoms with Crippen molar-refractivity contribution in [1.82, 2.24) is 4.90 Å². The Bertz CT molecular complexity index is 1490. The SMILES string of the molecule is COc1ccc(-c2ccc(C(=O)CC(=O)Nc3cccc(COC(=O)N(C(=O)OC(C)(C)C)C4CC4)c3)cc2)c(OC)c1. The van der Waals surface area contributed by atoms with Gasteiger partial charge in [-0.15, -0.1) is 0 Å². The first-order valence-electron chi connectivity index (χ1n) is 13.9. The van der Waals surface area contributed by atoms with Crippen LogP contribution in [0.3, 0.4) is 0 Å². The first kappa shape index (κ1) is 31.1. The van der Waals surface area contributed by atoms with E-state index in [1.807, 2.05) is 12.1 Å². The number of nitrogens with zero attached hydrogens (tertiary/aromatic N) is 1. The van der Waals surface area contributed by atoms with Crippen molar-refractivity contribution in [3.8, 4) is 22.6 Å². The highest BCUT2D eigenvalue weighted by atomic mass is 16.6. The number of hydrogen-bond donors (Lipinski definition) is 1. The standard InChI is InChI=1S/C33H36N2O8/c1-33(2,3)43-32(39)35(25-13-14-25)31(38)42-20-21-7-6-8-24(17-21)34-30(37)19-28(36)23-11-9-22(10-12-23)27-16-15-26(40-4)18-29(27)41-5/h6-12,15-18,25H,13-14,19-20H2,1-5H3,(H,34,37). The maximum atomic E-state index is 12.8. The van der Waals surface area contributed by atoms with E-state index in [0.717, 1.165) is 16.0 Å². The fourth-order valence-corrected chi connectivity index (χ4v) is 4.30. The Balaban J connectivity index is 1.32. The normalized spacial score (nSPS) is 12.6. The van der Waals surface area contributed by atoms with E-state index >= 15 is 0 Å². The molecule has 0 unspecified atom stereocenters. The Morgan fingerprint density at radius 3 is 2.23 bits per heavy atom. The minimum absolute atomic E-state index is 0.112. The summed E-state index contributed by atoms with van der Waals surface area (Å²) in [6.07, 6.45) is -0.461. The molecule has 3 aromatic rings. The zero-order valence-corrected chi connectivity index (χ0v) is 25.0. The Morgan fingerprint density at radius 2 is 1.60 bits per heavy atom. The second kappa shape index (κ2) is 13.4. The average molecular weight is 589 g/mol. The molecular formula is C33H36N2O8. The predicted octanol–water partition coefficient (Wildman–Crippen LogP) is 6.62. The van der Waals surface area contributed by atoms with E-state index in [1.54, 1.807) is 89.6 Å². The molecule has 10 nitrogen and oxygen atoms in total. The van der Waals surface area contributed by atoms with Crippen LogP contribution in [-0.2, 0) is 20.9 Å². The summed E-state index contributed by atoms with van der Waals surface area (Å²) in [4.78, 5) is 51.7. The number of ketones is 1. The molecule has 3 amide bonds. The zero-order chi connectivity index (χ0) is 31.1. The zero-order valence-electron chi connectivity index (χ0n) is 25.0. The van der Waals surface area contributed by atoms with Gasteiger partial charge in [-0.1, -0.05) is 36.4 Å². The van der Waals surface area contributed by atoms with Gasteiger partial charge in [-0.05, 0) is 69.0 Å². The molecule has 0 bridgehead atoms. The van der Waals surface area contributed by atoms with Crippen LogP contribution in [0.15, 0.2) is 66.7 Å². The van der Waals surface area contributed by atoms with Gasteiger partial charge in [0, 0.05) is 28.9 Å². The maximum absolute atomic E-state index is 12.8. The first-order chi connectivity index (χ1) is 20.5.